The number of aliphatic hydroxyl groups excluding tert-OH is 1. The molecule has 1 aromatic carbocycles. The van der Waals surface area contributed by atoms with Crippen molar-refractivity contribution < 1.29 is 14.7 Å². The molecule has 1 aliphatic carbocycles. The van der Waals surface area contributed by atoms with Gasteiger partial charge >= 0.3 is 0 Å². The molecular formula is C18H24N2O3. The highest BCUT2D eigenvalue weighted by molar-refractivity contribution is 5.93. The number of carbonyl (C=O) groups excluding carboxylic acids is 2. The van der Waals surface area contributed by atoms with Crippen molar-refractivity contribution in [1.82, 2.24) is 4.90 Å². The van der Waals surface area contributed by atoms with Gasteiger partial charge in [0.05, 0.1) is 6.10 Å². The highest BCUT2D eigenvalue weighted by Crippen LogP contribution is 2.25. The Morgan fingerprint density at radius 2 is 1.87 bits per heavy atom. The molecule has 0 radical (unpaired) electrons. The molecule has 2 N–H and O–H groups in total. The number of nitrogens with zero attached hydrogens (tertiary/aromatic N) is 1. The van der Waals surface area contributed by atoms with Crippen LogP contribution in [0.5, 0.6) is 0 Å². The zero-order chi connectivity index (χ0) is 16.2. The van der Waals surface area contributed by atoms with Crippen LogP contribution in [-0.4, -0.2) is 41.0 Å². The molecule has 5 nitrogen and oxygen atoms in total. The molecule has 3 rings (SSSR count). The fourth-order valence-electron chi connectivity index (χ4n) is 3.37. The number of fused-ring (bicyclic) bond motifs is 1. The number of likely N-dealkylation sites (tertiary alicyclic amines) is 1. The van der Waals surface area contributed by atoms with E-state index in [0.29, 0.717) is 25.9 Å². The van der Waals surface area contributed by atoms with Crippen LogP contribution in [0.4, 0.5) is 5.69 Å². The summed E-state index contributed by atoms with van der Waals surface area (Å²) in [5.41, 5.74) is 3.53. The monoisotopic (exact) mass is 316 g/mol. The molecule has 5 heteroatoms. The number of carbonyl (C=O) groups is 2. The van der Waals surface area contributed by atoms with E-state index in [0.717, 1.165) is 18.5 Å². The number of piperidine rings is 1. The molecule has 2 aliphatic rings. The van der Waals surface area contributed by atoms with E-state index >= 15 is 0 Å². The van der Waals surface area contributed by atoms with Gasteiger partial charge in [0.25, 0.3) is 0 Å². The summed E-state index contributed by atoms with van der Waals surface area (Å²) in [6.07, 6.45) is 4.80. The Balaban J connectivity index is 1.45. The van der Waals surface area contributed by atoms with Crippen molar-refractivity contribution in [3.63, 3.8) is 0 Å². The number of anilines is 1. The average molecular weight is 316 g/mol. The topological polar surface area (TPSA) is 69.6 Å². The van der Waals surface area contributed by atoms with E-state index in [4.69, 9.17) is 0 Å². The first-order valence-electron chi connectivity index (χ1n) is 8.49. The van der Waals surface area contributed by atoms with Gasteiger partial charge in [-0.2, -0.15) is 0 Å². The largest absolute Gasteiger partial charge is 0.393 e. The minimum Gasteiger partial charge on any atom is -0.393 e. The van der Waals surface area contributed by atoms with Crippen LogP contribution in [0.3, 0.4) is 0 Å². The number of aliphatic hydroxyl groups is 1. The second kappa shape index (κ2) is 7.13. The minimum absolute atomic E-state index is 0.000929. The molecule has 1 fully saturated rings. The summed E-state index contributed by atoms with van der Waals surface area (Å²) < 4.78 is 0. The van der Waals surface area contributed by atoms with Gasteiger partial charge in [-0.1, -0.05) is 6.07 Å². The van der Waals surface area contributed by atoms with Crippen molar-refractivity contribution in [2.75, 3.05) is 18.4 Å². The maximum atomic E-state index is 12.1. The third-order valence-corrected chi connectivity index (χ3v) is 4.77. The second-order valence-corrected chi connectivity index (χ2v) is 6.50. The first-order valence-corrected chi connectivity index (χ1v) is 8.49. The number of amides is 2. The van der Waals surface area contributed by atoms with Gasteiger partial charge in [0.2, 0.25) is 11.8 Å². The lowest BCUT2D eigenvalue weighted by molar-refractivity contribution is -0.134. The van der Waals surface area contributed by atoms with Crippen molar-refractivity contribution in [3.05, 3.63) is 29.3 Å². The normalized spacial score (nSPS) is 17.9. The molecule has 0 spiro atoms. The van der Waals surface area contributed by atoms with Gasteiger partial charge in [0, 0.05) is 31.6 Å². The van der Waals surface area contributed by atoms with E-state index in [1.807, 2.05) is 12.1 Å². The molecule has 1 heterocycles. The highest BCUT2D eigenvalue weighted by Gasteiger charge is 2.21. The van der Waals surface area contributed by atoms with Crippen LogP contribution in [0, 0.1) is 0 Å². The first-order chi connectivity index (χ1) is 11.1. The molecule has 0 unspecified atom stereocenters. The van der Waals surface area contributed by atoms with Gasteiger partial charge in [-0.15, -0.1) is 0 Å². The first kappa shape index (κ1) is 16.0. The molecule has 0 aromatic heterocycles. The van der Waals surface area contributed by atoms with E-state index in [-0.39, 0.29) is 30.8 Å². The summed E-state index contributed by atoms with van der Waals surface area (Å²) in [6.45, 7) is 1.18. The smallest absolute Gasteiger partial charge is 0.224 e. The SMILES string of the molecule is O=C(CCC(=O)N1CCC(O)CC1)Nc1ccc2c(c1)CCC2. The van der Waals surface area contributed by atoms with E-state index in [1.165, 1.54) is 17.5 Å². The van der Waals surface area contributed by atoms with Gasteiger partial charge in [-0.25, -0.2) is 0 Å². The second-order valence-electron chi connectivity index (χ2n) is 6.50. The molecule has 2 amide bonds. The quantitative estimate of drug-likeness (QED) is 0.891. The highest BCUT2D eigenvalue weighted by atomic mass is 16.3. The van der Waals surface area contributed by atoms with Crippen LogP contribution in [0.15, 0.2) is 18.2 Å². The third-order valence-electron chi connectivity index (χ3n) is 4.77. The number of benzene rings is 1. The molecule has 0 saturated carbocycles. The standard InChI is InChI=1S/C18H24N2O3/c21-16-8-10-20(11-9-16)18(23)7-6-17(22)19-15-5-4-13-2-1-3-14(13)12-15/h4-5,12,16,21H,1-3,6-11H2,(H,19,22). The van der Waals surface area contributed by atoms with Gasteiger partial charge in [0.15, 0.2) is 0 Å². The summed E-state index contributed by atoms with van der Waals surface area (Å²) >= 11 is 0. The Kier molecular flexibility index (Phi) is 4.96. The van der Waals surface area contributed by atoms with Crippen molar-refractivity contribution in [3.8, 4) is 0 Å². The Morgan fingerprint density at radius 1 is 1.13 bits per heavy atom. The van der Waals surface area contributed by atoms with Crippen LogP contribution in [0.2, 0.25) is 0 Å². The average Bonchev–Trinajstić information content (AvgIpc) is 3.01. The van der Waals surface area contributed by atoms with Gasteiger partial charge in [-0.3, -0.25) is 9.59 Å². The predicted molar refractivity (Wildman–Crippen MR) is 88.2 cm³/mol. The number of rotatable bonds is 4. The number of hydrogen-bond donors (Lipinski definition) is 2. The minimum atomic E-state index is -0.290. The number of hydrogen-bond acceptors (Lipinski definition) is 3. The fourth-order valence-corrected chi connectivity index (χ4v) is 3.37. The number of nitrogens with one attached hydrogen (secondary N) is 1. The Bertz CT molecular complexity index is 592. The van der Waals surface area contributed by atoms with Crippen LogP contribution in [0.25, 0.3) is 0 Å². The summed E-state index contributed by atoms with van der Waals surface area (Å²) in [7, 11) is 0. The third kappa shape index (κ3) is 4.10. The lowest BCUT2D eigenvalue weighted by Gasteiger charge is -2.29. The van der Waals surface area contributed by atoms with Crippen LogP contribution in [-0.2, 0) is 22.4 Å². The molecule has 0 atom stereocenters. The molecule has 0 bridgehead atoms. The van der Waals surface area contributed by atoms with Crippen molar-refractivity contribution in [2.24, 2.45) is 0 Å². The van der Waals surface area contributed by atoms with Crippen LogP contribution < -0.4 is 5.32 Å². The Hall–Kier alpha value is -1.88. The molecule has 1 aliphatic heterocycles. The van der Waals surface area contributed by atoms with E-state index < -0.39 is 0 Å². The molecular weight excluding hydrogens is 292 g/mol. The molecule has 23 heavy (non-hydrogen) atoms. The van der Waals surface area contributed by atoms with Crippen LogP contribution in [0.1, 0.15) is 43.2 Å². The van der Waals surface area contributed by atoms with Crippen molar-refractivity contribution in [1.29, 1.82) is 0 Å². The predicted octanol–water partition coefficient (Wildman–Crippen LogP) is 1.88. The van der Waals surface area contributed by atoms with Gasteiger partial charge in [-0.05, 0) is 55.4 Å². The summed E-state index contributed by atoms with van der Waals surface area (Å²) in [6, 6.07) is 6.08. The number of aryl methyl sites for hydroxylation is 2. The summed E-state index contributed by atoms with van der Waals surface area (Å²) in [5.74, 6) is -0.116. The Morgan fingerprint density at radius 3 is 2.65 bits per heavy atom. The molecule has 1 aromatic rings. The van der Waals surface area contributed by atoms with Crippen LogP contribution >= 0.6 is 0 Å². The maximum Gasteiger partial charge on any atom is 0.224 e. The zero-order valence-electron chi connectivity index (χ0n) is 13.4. The summed E-state index contributed by atoms with van der Waals surface area (Å²) in [5, 5.41) is 12.3. The van der Waals surface area contributed by atoms with E-state index in [9.17, 15) is 14.7 Å². The Labute approximate surface area is 136 Å². The van der Waals surface area contributed by atoms with Crippen molar-refractivity contribution >= 4 is 17.5 Å². The molecule has 124 valence electrons. The van der Waals surface area contributed by atoms with E-state index in [1.54, 1.807) is 4.90 Å². The lowest BCUT2D eigenvalue weighted by Crippen LogP contribution is -2.40. The van der Waals surface area contributed by atoms with E-state index in [2.05, 4.69) is 11.4 Å². The van der Waals surface area contributed by atoms with Gasteiger partial charge < -0.3 is 15.3 Å². The zero-order valence-corrected chi connectivity index (χ0v) is 13.4. The fraction of sp³-hybridized carbons (Fsp3) is 0.556. The molecule has 1 saturated heterocycles. The lowest BCUT2D eigenvalue weighted by atomic mass is 10.1. The summed E-state index contributed by atoms with van der Waals surface area (Å²) in [4.78, 5) is 25.9. The maximum absolute atomic E-state index is 12.1. The van der Waals surface area contributed by atoms with Gasteiger partial charge in [0.1, 0.15) is 0 Å². The van der Waals surface area contributed by atoms with Crippen molar-refractivity contribution in [2.45, 2.75) is 51.0 Å².